The number of benzene rings is 2. The summed E-state index contributed by atoms with van der Waals surface area (Å²) in [5.41, 5.74) is 0.388. The molecule has 7 nitrogen and oxygen atoms in total. The fraction of sp³-hybridized carbons (Fsp3) is 0.200. The first kappa shape index (κ1) is 21.8. The van der Waals surface area contributed by atoms with Crippen molar-refractivity contribution in [3.63, 3.8) is 0 Å². The lowest BCUT2D eigenvalue weighted by Crippen LogP contribution is -2.51. The Bertz CT molecular complexity index is 1090. The van der Waals surface area contributed by atoms with E-state index in [0.717, 1.165) is 29.7 Å². The van der Waals surface area contributed by atoms with E-state index >= 15 is 0 Å². The van der Waals surface area contributed by atoms with Crippen molar-refractivity contribution in [2.75, 3.05) is 6.61 Å². The van der Waals surface area contributed by atoms with Gasteiger partial charge in [-0.05, 0) is 48.9 Å². The van der Waals surface area contributed by atoms with Crippen LogP contribution in [0, 0.1) is 11.7 Å². The van der Waals surface area contributed by atoms with Crippen LogP contribution in [0.15, 0.2) is 64.5 Å². The molecule has 1 heterocycles. The maximum atomic E-state index is 13.2. The predicted molar refractivity (Wildman–Crippen MR) is 108 cm³/mol. The van der Waals surface area contributed by atoms with Crippen LogP contribution in [-0.2, 0) is 19.4 Å². The van der Waals surface area contributed by atoms with Crippen LogP contribution in [0.5, 0.6) is 0 Å². The Morgan fingerprint density at radius 1 is 1.17 bits per heavy atom. The van der Waals surface area contributed by atoms with E-state index in [1.54, 1.807) is 31.2 Å². The van der Waals surface area contributed by atoms with Gasteiger partial charge in [0, 0.05) is 10.7 Å². The zero-order chi connectivity index (χ0) is 21.9. The summed E-state index contributed by atoms with van der Waals surface area (Å²) in [7, 11) is -4.09. The van der Waals surface area contributed by atoms with Crippen molar-refractivity contribution >= 4 is 33.4 Å². The lowest BCUT2D eigenvalue weighted by Gasteiger charge is -2.33. The maximum absolute atomic E-state index is 13.2. The van der Waals surface area contributed by atoms with Crippen LogP contribution >= 0.6 is 11.6 Å². The number of hydrogen-bond acceptors (Lipinski definition) is 5. The standard InChI is InChI=1S/C20H18ClFN2O5S/c1-2-29-19(25)17-16(11-30(27,28)15-9-7-14(22)8-10-15)23-20(26)24-18(17)12-3-5-13(21)6-4-12/h3-11,17-18H,2H2,1H3,(H2,23,24,26)/b16-11+/t17-,18-/m0/s1. The molecule has 1 aliphatic heterocycles. The fourth-order valence-electron chi connectivity index (χ4n) is 3.05. The zero-order valence-electron chi connectivity index (χ0n) is 15.8. The third kappa shape index (κ3) is 4.80. The molecule has 1 saturated heterocycles. The van der Waals surface area contributed by atoms with Crippen molar-refractivity contribution in [2.24, 2.45) is 5.92 Å². The largest absolute Gasteiger partial charge is 0.465 e. The monoisotopic (exact) mass is 452 g/mol. The molecule has 2 atom stereocenters. The summed E-state index contributed by atoms with van der Waals surface area (Å²) in [5.74, 6) is -2.46. The summed E-state index contributed by atoms with van der Waals surface area (Å²) in [6.45, 7) is 1.68. The molecule has 0 aliphatic carbocycles. The summed E-state index contributed by atoms with van der Waals surface area (Å²) < 4.78 is 43.9. The van der Waals surface area contributed by atoms with Crippen molar-refractivity contribution in [3.05, 3.63) is 76.0 Å². The minimum atomic E-state index is -4.09. The van der Waals surface area contributed by atoms with E-state index in [0.29, 0.717) is 10.6 Å². The normalized spacial score (nSPS) is 20.4. The first-order chi connectivity index (χ1) is 14.2. The third-order valence-electron chi connectivity index (χ3n) is 4.41. The van der Waals surface area contributed by atoms with E-state index < -0.39 is 39.6 Å². The van der Waals surface area contributed by atoms with Crippen LogP contribution in [0.1, 0.15) is 18.5 Å². The lowest BCUT2D eigenvalue weighted by molar-refractivity contribution is -0.147. The second-order valence-corrected chi connectivity index (χ2v) is 8.66. The molecule has 10 heteroatoms. The number of carbonyl (C=O) groups excluding carboxylic acids is 2. The second kappa shape index (κ2) is 8.85. The minimum absolute atomic E-state index is 0.0641. The van der Waals surface area contributed by atoms with Gasteiger partial charge >= 0.3 is 12.0 Å². The smallest absolute Gasteiger partial charge is 0.319 e. The highest BCUT2D eigenvalue weighted by Gasteiger charge is 2.40. The first-order valence-electron chi connectivity index (χ1n) is 8.93. The molecule has 3 rings (SSSR count). The lowest BCUT2D eigenvalue weighted by atomic mass is 9.89. The number of urea groups is 1. The molecule has 1 aliphatic rings. The zero-order valence-corrected chi connectivity index (χ0v) is 17.3. The molecule has 2 aromatic rings. The molecule has 1 fully saturated rings. The molecule has 2 amide bonds. The molecule has 158 valence electrons. The van der Waals surface area contributed by atoms with Gasteiger partial charge in [0.15, 0.2) is 0 Å². The van der Waals surface area contributed by atoms with Crippen molar-refractivity contribution < 1.29 is 27.1 Å². The number of esters is 1. The van der Waals surface area contributed by atoms with Crippen LogP contribution in [0.2, 0.25) is 5.02 Å². The number of halogens is 2. The van der Waals surface area contributed by atoms with Crippen molar-refractivity contribution in [1.82, 2.24) is 10.6 Å². The average molecular weight is 453 g/mol. The van der Waals surface area contributed by atoms with Crippen molar-refractivity contribution in [2.45, 2.75) is 17.9 Å². The minimum Gasteiger partial charge on any atom is -0.465 e. The quantitative estimate of drug-likeness (QED) is 0.535. The maximum Gasteiger partial charge on any atom is 0.319 e. The number of nitrogens with one attached hydrogen (secondary N) is 2. The van der Waals surface area contributed by atoms with E-state index in [-0.39, 0.29) is 17.2 Å². The molecule has 0 aromatic heterocycles. The summed E-state index contributed by atoms with van der Waals surface area (Å²) in [4.78, 5) is 24.8. The van der Waals surface area contributed by atoms with Gasteiger partial charge in [0.1, 0.15) is 11.7 Å². The van der Waals surface area contributed by atoms with Crippen LogP contribution in [0.3, 0.4) is 0 Å². The van der Waals surface area contributed by atoms with Crippen LogP contribution in [-0.4, -0.2) is 27.0 Å². The summed E-state index contributed by atoms with van der Waals surface area (Å²) >= 11 is 5.91. The number of sulfone groups is 1. The van der Waals surface area contributed by atoms with Gasteiger partial charge in [-0.3, -0.25) is 4.79 Å². The first-order valence-corrected chi connectivity index (χ1v) is 10.9. The fourth-order valence-corrected chi connectivity index (χ4v) is 4.37. The van der Waals surface area contributed by atoms with Gasteiger partial charge in [0.05, 0.1) is 23.0 Å². The Morgan fingerprint density at radius 3 is 2.40 bits per heavy atom. The highest BCUT2D eigenvalue weighted by molar-refractivity contribution is 7.94. The van der Waals surface area contributed by atoms with Gasteiger partial charge in [-0.25, -0.2) is 17.6 Å². The van der Waals surface area contributed by atoms with Crippen molar-refractivity contribution in [3.8, 4) is 0 Å². The predicted octanol–water partition coefficient (Wildman–Crippen LogP) is 3.33. The van der Waals surface area contributed by atoms with Gasteiger partial charge in [0.2, 0.25) is 9.84 Å². The molecule has 2 N–H and O–H groups in total. The molecule has 0 unspecified atom stereocenters. The van der Waals surface area contributed by atoms with Gasteiger partial charge < -0.3 is 15.4 Å². The number of carbonyl (C=O) groups is 2. The van der Waals surface area contributed by atoms with Crippen molar-refractivity contribution in [1.29, 1.82) is 0 Å². The van der Waals surface area contributed by atoms with E-state index in [9.17, 15) is 22.4 Å². The third-order valence-corrected chi connectivity index (χ3v) is 6.15. The van der Waals surface area contributed by atoms with Crippen LogP contribution < -0.4 is 10.6 Å². The molecule has 0 saturated carbocycles. The number of amides is 2. The highest BCUT2D eigenvalue weighted by atomic mass is 35.5. The van der Waals surface area contributed by atoms with Gasteiger partial charge in [-0.15, -0.1) is 0 Å². The Labute approximate surface area is 177 Å². The summed E-state index contributed by atoms with van der Waals surface area (Å²) in [5, 5.41) is 6.27. The topological polar surface area (TPSA) is 102 Å². The Kier molecular flexibility index (Phi) is 6.42. The summed E-state index contributed by atoms with van der Waals surface area (Å²) in [6.07, 6.45) is 0. The number of ether oxygens (including phenoxy) is 1. The molecule has 30 heavy (non-hydrogen) atoms. The Balaban J connectivity index is 2.08. The molecule has 0 spiro atoms. The highest BCUT2D eigenvalue weighted by Crippen LogP contribution is 2.33. The van der Waals surface area contributed by atoms with Crippen LogP contribution in [0.4, 0.5) is 9.18 Å². The molecular formula is C20H18ClFN2O5S. The molecule has 2 aromatic carbocycles. The molecular weight excluding hydrogens is 435 g/mol. The molecule has 0 radical (unpaired) electrons. The number of rotatable bonds is 5. The van der Waals surface area contributed by atoms with Crippen LogP contribution in [0.25, 0.3) is 0 Å². The van der Waals surface area contributed by atoms with E-state index in [1.807, 2.05) is 0 Å². The molecule has 0 bridgehead atoms. The Hall–Kier alpha value is -2.91. The van der Waals surface area contributed by atoms with E-state index in [4.69, 9.17) is 16.3 Å². The van der Waals surface area contributed by atoms with Gasteiger partial charge in [0.25, 0.3) is 0 Å². The van der Waals surface area contributed by atoms with E-state index in [1.165, 1.54) is 0 Å². The second-order valence-electron chi connectivity index (χ2n) is 6.43. The van der Waals surface area contributed by atoms with E-state index in [2.05, 4.69) is 10.6 Å². The Morgan fingerprint density at radius 2 is 1.80 bits per heavy atom. The number of hydrogen-bond donors (Lipinski definition) is 2. The SMILES string of the molecule is CCOC(=O)[C@H]1/C(=C\S(=O)(=O)c2ccc(F)cc2)NC(=O)N[C@H]1c1ccc(Cl)cc1. The summed E-state index contributed by atoms with van der Waals surface area (Å²) in [6, 6.07) is 9.06. The van der Waals surface area contributed by atoms with Gasteiger partial charge in [-0.1, -0.05) is 23.7 Å². The van der Waals surface area contributed by atoms with Gasteiger partial charge in [-0.2, -0.15) is 0 Å². The average Bonchev–Trinajstić information content (AvgIpc) is 2.68.